The molecule has 0 aliphatic carbocycles. The Morgan fingerprint density at radius 2 is 1.85 bits per heavy atom. The zero-order chi connectivity index (χ0) is 10.1. The Bertz CT molecular complexity index is 302. The number of ether oxygens (including phenoxy) is 1. The zero-order valence-electron chi connectivity index (χ0n) is 8.88. The first-order valence-electron chi connectivity index (χ1n) is 4.33. The van der Waals surface area contributed by atoms with Crippen LogP contribution in [0.15, 0.2) is 6.33 Å². The van der Waals surface area contributed by atoms with Crippen LogP contribution in [0.4, 0.5) is 0 Å². The number of methoxy groups -OCH3 is 1. The summed E-state index contributed by atoms with van der Waals surface area (Å²) in [6.45, 7) is 8.37. The Morgan fingerprint density at radius 3 is 2.31 bits per heavy atom. The van der Waals surface area contributed by atoms with E-state index in [0.717, 1.165) is 11.3 Å². The van der Waals surface area contributed by atoms with Crippen LogP contribution >= 0.6 is 0 Å². The maximum Gasteiger partial charge on any atom is 0.219 e. The first-order valence-corrected chi connectivity index (χ1v) is 4.33. The van der Waals surface area contributed by atoms with Gasteiger partial charge in [0, 0.05) is 11.0 Å². The highest BCUT2D eigenvalue weighted by atomic mass is 16.5. The van der Waals surface area contributed by atoms with Crippen molar-refractivity contribution in [1.29, 1.82) is 0 Å². The summed E-state index contributed by atoms with van der Waals surface area (Å²) >= 11 is 0. The minimum atomic E-state index is 0.0420. The van der Waals surface area contributed by atoms with Gasteiger partial charge in [0.05, 0.1) is 12.8 Å². The van der Waals surface area contributed by atoms with Crippen LogP contribution in [-0.4, -0.2) is 17.1 Å². The van der Waals surface area contributed by atoms with Gasteiger partial charge in [-0.3, -0.25) is 0 Å². The van der Waals surface area contributed by atoms with Crippen molar-refractivity contribution >= 4 is 0 Å². The normalized spacial score (nSPS) is 11.5. The maximum atomic E-state index is 5.13. The quantitative estimate of drug-likeness (QED) is 0.663. The molecule has 0 aliphatic rings. The van der Waals surface area contributed by atoms with Gasteiger partial charge in [0.25, 0.3) is 0 Å². The van der Waals surface area contributed by atoms with Gasteiger partial charge in [0.1, 0.15) is 6.33 Å². The molecule has 3 nitrogen and oxygen atoms in total. The lowest BCUT2D eigenvalue weighted by atomic mass is 9.89. The fraction of sp³-hybridized carbons (Fsp3) is 0.600. The molecule has 0 radical (unpaired) electrons. The average molecular weight is 180 g/mol. The third-order valence-electron chi connectivity index (χ3n) is 1.94. The largest absolute Gasteiger partial charge is 0.481 e. The summed E-state index contributed by atoms with van der Waals surface area (Å²) in [4.78, 5) is 8.30. The molecule has 0 aliphatic heterocycles. The van der Waals surface area contributed by atoms with E-state index in [2.05, 4.69) is 30.7 Å². The van der Waals surface area contributed by atoms with Crippen LogP contribution in [-0.2, 0) is 5.41 Å². The van der Waals surface area contributed by atoms with Crippen molar-refractivity contribution in [2.24, 2.45) is 0 Å². The van der Waals surface area contributed by atoms with Gasteiger partial charge in [-0.1, -0.05) is 20.8 Å². The van der Waals surface area contributed by atoms with Gasteiger partial charge in [-0.05, 0) is 6.92 Å². The second-order valence-corrected chi connectivity index (χ2v) is 4.11. The molecule has 0 unspecified atom stereocenters. The predicted molar refractivity (Wildman–Crippen MR) is 52.0 cm³/mol. The lowest BCUT2D eigenvalue weighted by Gasteiger charge is -2.20. The Morgan fingerprint density at radius 1 is 1.23 bits per heavy atom. The van der Waals surface area contributed by atoms with Crippen molar-refractivity contribution in [3.8, 4) is 5.88 Å². The lowest BCUT2D eigenvalue weighted by Crippen LogP contribution is -2.16. The average Bonchev–Trinajstić information content (AvgIpc) is 2.02. The van der Waals surface area contributed by atoms with E-state index in [1.807, 2.05) is 6.92 Å². The summed E-state index contributed by atoms with van der Waals surface area (Å²) in [5.74, 6) is 0.667. The molecule has 1 aromatic heterocycles. The van der Waals surface area contributed by atoms with E-state index in [4.69, 9.17) is 4.74 Å². The number of hydrogen-bond acceptors (Lipinski definition) is 3. The monoisotopic (exact) mass is 180 g/mol. The highest BCUT2D eigenvalue weighted by molar-refractivity contribution is 5.32. The molecule has 0 saturated heterocycles. The smallest absolute Gasteiger partial charge is 0.219 e. The first kappa shape index (κ1) is 9.96. The van der Waals surface area contributed by atoms with Crippen LogP contribution in [0.2, 0.25) is 0 Å². The van der Waals surface area contributed by atoms with Crippen molar-refractivity contribution in [1.82, 2.24) is 9.97 Å². The van der Waals surface area contributed by atoms with E-state index >= 15 is 0 Å². The number of rotatable bonds is 1. The molecule has 0 amide bonds. The van der Waals surface area contributed by atoms with Gasteiger partial charge in [0.15, 0.2) is 0 Å². The van der Waals surface area contributed by atoms with Gasteiger partial charge >= 0.3 is 0 Å². The Balaban J connectivity index is 3.24. The molecule has 0 bridgehead atoms. The van der Waals surface area contributed by atoms with E-state index in [0.29, 0.717) is 5.88 Å². The predicted octanol–water partition coefficient (Wildman–Crippen LogP) is 2.09. The highest BCUT2D eigenvalue weighted by Gasteiger charge is 2.20. The molecule has 1 aromatic rings. The molecular weight excluding hydrogens is 164 g/mol. The summed E-state index contributed by atoms with van der Waals surface area (Å²) in [6, 6.07) is 0. The molecular formula is C10H16N2O. The van der Waals surface area contributed by atoms with E-state index < -0.39 is 0 Å². The molecule has 0 saturated carbocycles. The summed E-state index contributed by atoms with van der Waals surface area (Å²) in [5.41, 5.74) is 2.11. The van der Waals surface area contributed by atoms with Crippen LogP contribution in [0.25, 0.3) is 0 Å². The molecule has 0 atom stereocenters. The highest BCUT2D eigenvalue weighted by Crippen LogP contribution is 2.26. The Hall–Kier alpha value is -1.12. The maximum absolute atomic E-state index is 5.13. The molecule has 72 valence electrons. The molecule has 0 fully saturated rings. The van der Waals surface area contributed by atoms with Gasteiger partial charge in [0.2, 0.25) is 5.88 Å². The van der Waals surface area contributed by atoms with E-state index in [-0.39, 0.29) is 5.41 Å². The molecule has 1 rings (SSSR count). The lowest BCUT2D eigenvalue weighted by molar-refractivity contribution is 0.389. The van der Waals surface area contributed by atoms with E-state index in [9.17, 15) is 0 Å². The van der Waals surface area contributed by atoms with Crippen molar-refractivity contribution in [2.45, 2.75) is 33.1 Å². The summed E-state index contributed by atoms with van der Waals surface area (Å²) < 4.78 is 5.13. The summed E-state index contributed by atoms with van der Waals surface area (Å²) in [5, 5.41) is 0. The minimum absolute atomic E-state index is 0.0420. The topological polar surface area (TPSA) is 35.0 Å². The van der Waals surface area contributed by atoms with Gasteiger partial charge in [-0.15, -0.1) is 0 Å². The number of hydrogen-bond donors (Lipinski definition) is 0. The molecule has 0 aromatic carbocycles. The van der Waals surface area contributed by atoms with Crippen LogP contribution in [0, 0.1) is 6.92 Å². The van der Waals surface area contributed by atoms with Gasteiger partial charge in [-0.2, -0.15) is 0 Å². The summed E-state index contributed by atoms with van der Waals surface area (Å²) in [6.07, 6.45) is 1.55. The molecule has 0 spiro atoms. The Kier molecular flexibility index (Phi) is 2.55. The summed E-state index contributed by atoms with van der Waals surface area (Å²) in [7, 11) is 1.63. The second kappa shape index (κ2) is 3.32. The van der Waals surface area contributed by atoms with Crippen molar-refractivity contribution in [3.05, 3.63) is 17.6 Å². The van der Waals surface area contributed by atoms with Gasteiger partial charge < -0.3 is 4.74 Å². The van der Waals surface area contributed by atoms with Crippen LogP contribution in [0.5, 0.6) is 5.88 Å². The molecule has 1 heterocycles. The fourth-order valence-corrected chi connectivity index (χ4v) is 1.40. The van der Waals surface area contributed by atoms with Crippen LogP contribution in [0.3, 0.4) is 0 Å². The van der Waals surface area contributed by atoms with Crippen LogP contribution in [0.1, 0.15) is 32.0 Å². The fourth-order valence-electron chi connectivity index (χ4n) is 1.40. The SMILES string of the molecule is COc1ncnc(C(C)(C)C)c1C. The second-order valence-electron chi connectivity index (χ2n) is 4.11. The standard InChI is InChI=1S/C10H16N2O/c1-7-8(10(2,3)4)11-6-12-9(7)13-5/h6H,1-5H3. The first-order chi connectivity index (χ1) is 5.96. The zero-order valence-corrected chi connectivity index (χ0v) is 8.88. The molecule has 13 heavy (non-hydrogen) atoms. The third-order valence-corrected chi connectivity index (χ3v) is 1.94. The van der Waals surface area contributed by atoms with Crippen LogP contribution < -0.4 is 4.74 Å². The molecule has 3 heteroatoms. The minimum Gasteiger partial charge on any atom is -0.481 e. The van der Waals surface area contributed by atoms with E-state index in [1.165, 1.54) is 0 Å². The van der Waals surface area contributed by atoms with Crippen molar-refractivity contribution in [2.75, 3.05) is 7.11 Å². The number of nitrogens with zero attached hydrogens (tertiary/aromatic N) is 2. The van der Waals surface area contributed by atoms with Crippen molar-refractivity contribution < 1.29 is 4.74 Å². The number of aromatic nitrogens is 2. The molecule has 0 N–H and O–H groups in total. The third kappa shape index (κ3) is 1.97. The van der Waals surface area contributed by atoms with E-state index in [1.54, 1.807) is 13.4 Å². The van der Waals surface area contributed by atoms with Crippen molar-refractivity contribution in [3.63, 3.8) is 0 Å². The Labute approximate surface area is 79.2 Å². The van der Waals surface area contributed by atoms with Gasteiger partial charge in [-0.25, -0.2) is 9.97 Å².